The van der Waals surface area contributed by atoms with Crippen LogP contribution in [0.3, 0.4) is 0 Å². The van der Waals surface area contributed by atoms with E-state index in [9.17, 15) is 14.0 Å². The number of nitrogens with one attached hydrogen (secondary N) is 2. The predicted octanol–water partition coefficient (Wildman–Crippen LogP) is 2.80. The molecule has 2 N–H and O–H groups in total. The van der Waals surface area contributed by atoms with Crippen LogP contribution in [0.15, 0.2) is 36.7 Å². The average Bonchev–Trinajstić information content (AvgIpc) is 3.32. The Morgan fingerprint density at radius 2 is 2.17 bits per heavy atom. The number of carbonyl (C=O) groups is 2. The van der Waals surface area contributed by atoms with Crippen molar-refractivity contribution in [2.24, 2.45) is 0 Å². The van der Waals surface area contributed by atoms with Crippen LogP contribution in [-0.2, 0) is 4.74 Å². The smallest absolute Gasteiger partial charge is 0.318 e. The van der Waals surface area contributed by atoms with Gasteiger partial charge in [0.25, 0.3) is 5.91 Å². The van der Waals surface area contributed by atoms with Crippen molar-refractivity contribution in [2.45, 2.75) is 43.8 Å². The first-order valence-electron chi connectivity index (χ1n) is 10.2. The van der Waals surface area contributed by atoms with Gasteiger partial charge in [0.15, 0.2) is 0 Å². The average molecular weight is 415 g/mol. The van der Waals surface area contributed by atoms with Crippen LogP contribution >= 0.6 is 0 Å². The Kier molecular flexibility index (Phi) is 5.98. The topological polar surface area (TPSA) is 88.5 Å². The third-order valence-electron chi connectivity index (χ3n) is 5.77. The molecule has 3 amide bonds. The molecule has 0 radical (unpaired) electrons. The number of nitrogens with zero attached hydrogens (tertiary/aromatic N) is 3. The molecule has 1 saturated carbocycles. The highest BCUT2D eigenvalue weighted by molar-refractivity contribution is 6.04. The van der Waals surface area contributed by atoms with Gasteiger partial charge in [-0.25, -0.2) is 9.18 Å². The van der Waals surface area contributed by atoms with Crippen LogP contribution in [0.2, 0.25) is 0 Å². The molecule has 2 aliphatic rings. The summed E-state index contributed by atoms with van der Waals surface area (Å²) in [7, 11) is 1.63. The molecule has 1 aliphatic heterocycles. The summed E-state index contributed by atoms with van der Waals surface area (Å²) in [5.41, 5.74) is 0.757. The van der Waals surface area contributed by atoms with Crippen LogP contribution in [0.5, 0.6) is 0 Å². The molecule has 0 bridgehead atoms. The Hall–Kier alpha value is -2.94. The van der Waals surface area contributed by atoms with E-state index < -0.39 is 11.7 Å². The summed E-state index contributed by atoms with van der Waals surface area (Å²) >= 11 is 0. The maximum Gasteiger partial charge on any atom is 0.318 e. The van der Waals surface area contributed by atoms with Gasteiger partial charge in [-0.1, -0.05) is 6.07 Å². The number of rotatable bonds is 6. The molecule has 1 aliphatic carbocycles. The molecular formula is C21H26FN5O3. The zero-order chi connectivity index (χ0) is 21.1. The molecule has 1 aromatic heterocycles. The monoisotopic (exact) mass is 415 g/mol. The molecule has 160 valence electrons. The quantitative estimate of drug-likeness (QED) is 0.759. The molecule has 2 fully saturated rings. The van der Waals surface area contributed by atoms with Crippen molar-refractivity contribution < 1.29 is 18.7 Å². The van der Waals surface area contributed by atoms with E-state index in [0.29, 0.717) is 25.3 Å². The largest absolute Gasteiger partial charge is 0.383 e. The summed E-state index contributed by atoms with van der Waals surface area (Å²) in [6, 6.07) is 5.68. The number of urea groups is 1. The molecule has 0 spiro atoms. The molecule has 9 heteroatoms. The zero-order valence-electron chi connectivity index (χ0n) is 16.9. The number of aromatic nitrogens is 2. The summed E-state index contributed by atoms with van der Waals surface area (Å²) in [6.45, 7) is 0.977. The number of carbonyl (C=O) groups excluding carboxylic acids is 2. The highest BCUT2D eigenvalue weighted by Crippen LogP contribution is 2.29. The summed E-state index contributed by atoms with van der Waals surface area (Å²) in [6.07, 6.45) is 7.23. The lowest BCUT2D eigenvalue weighted by molar-refractivity contribution is 0.102. The van der Waals surface area contributed by atoms with E-state index in [0.717, 1.165) is 19.3 Å². The van der Waals surface area contributed by atoms with Crippen LogP contribution in [0.25, 0.3) is 0 Å². The van der Waals surface area contributed by atoms with Gasteiger partial charge in [0.2, 0.25) is 0 Å². The van der Waals surface area contributed by atoms with Gasteiger partial charge in [-0.05, 0) is 43.9 Å². The van der Waals surface area contributed by atoms with Crippen molar-refractivity contribution >= 4 is 17.6 Å². The number of likely N-dealkylation sites (tertiary alicyclic amines) is 1. The van der Waals surface area contributed by atoms with Gasteiger partial charge >= 0.3 is 6.03 Å². The Morgan fingerprint density at radius 3 is 2.87 bits per heavy atom. The number of methoxy groups -OCH3 is 1. The van der Waals surface area contributed by atoms with E-state index >= 15 is 0 Å². The van der Waals surface area contributed by atoms with Crippen LogP contribution in [0.4, 0.5) is 14.9 Å². The first-order valence-corrected chi connectivity index (χ1v) is 10.2. The van der Waals surface area contributed by atoms with Gasteiger partial charge in [-0.3, -0.25) is 9.48 Å². The lowest BCUT2D eigenvalue weighted by Gasteiger charge is -2.31. The molecule has 2 aromatic rings. The third-order valence-corrected chi connectivity index (χ3v) is 5.77. The predicted molar refractivity (Wildman–Crippen MR) is 109 cm³/mol. The van der Waals surface area contributed by atoms with E-state index in [-0.39, 0.29) is 29.7 Å². The van der Waals surface area contributed by atoms with Crippen molar-refractivity contribution in [3.8, 4) is 0 Å². The Morgan fingerprint density at radius 1 is 1.33 bits per heavy atom. The van der Waals surface area contributed by atoms with Crippen molar-refractivity contribution in [1.29, 1.82) is 0 Å². The van der Waals surface area contributed by atoms with Crippen LogP contribution < -0.4 is 10.6 Å². The zero-order valence-corrected chi connectivity index (χ0v) is 16.9. The molecule has 8 nitrogen and oxygen atoms in total. The SMILES string of the molecule is COC[C@@H]1C[C@H](n2cc(NC(=O)c3cccc(F)c3)cn2)CN1C(=O)NC1CCC1. The van der Waals surface area contributed by atoms with Crippen LogP contribution in [0.1, 0.15) is 42.1 Å². The highest BCUT2D eigenvalue weighted by Gasteiger charge is 2.37. The second kappa shape index (κ2) is 8.83. The van der Waals surface area contributed by atoms with E-state index in [1.165, 1.54) is 18.2 Å². The number of benzene rings is 1. The number of hydrogen-bond acceptors (Lipinski definition) is 4. The number of hydrogen-bond donors (Lipinski definition) is 2. The van der Waals surface area contributed by atoms with Gasteiger partial charge in [0.05, 0.1) is 30.6 Å². The fraction of sp³-hybridized carbons (Fsp3) is 0.476. The second-order valence-corrected chi connectivity index (χ2v) is 7.90. The maximum absolute atomic E-state index is 13.3. The molecule has 30 heavy (non-hydrogen) atoms. The summed E-state index contributed by atoms with van der Waals surface area (Å²) in [5.74, 6) is -0.868. The summed E-state index contributed by atoms with van der Waals surface area (Å²) in [5, 5.41) is 10.2. The molecule has 4 rings (SSSR count). The van der Waals surface area contributed by atoms with Gasteiger partial charge in [0, 0.05) is 31.5 Å². The minimum absolute atomic E-state index is 0.0166. The van der Waals surface area contributed by atoms with Gasteiger partial charge < -0.3 is 20.3 Å². The number of amides is 3. The second-order valence-electron chi connectivity index (χ2n) is 7.90. The molecule has 2 atom stereocenters. The normalized spacial score (nSPS) is 21.3. The van der Waals surface area contributed by atoms with Gasteiger partial charge in [-0.15, -0.1) is 0 Å². The lowest BCUT2D eigenvalue weighted by Crippen LogP contribution is -2.49. The minimum Gasteiger partial charge on any atom is -0.383 e. The van der Waals surface area contributed by atoms with Crippen LogP contribution in [-0.4, -0.2) is 59.0 Å². The molecule has 0 unspecified atom stereocenters. The summed E-state index contributed by atoms with van der Waals surface area (Å²) in [4.78, 5) is 26.8. The first kappa shape index (κ1) is 20.3. The fourth-order valence-electron chi connectivity index (χ4n) is 3.93. The lowest BCUT2D eigenvalue weighted by atomic mass is 9.93. The highest BCUT2D eigenvalue weighted by atomic mass is 19.1. The number of ether oxygens (including phenoxy) is 1. The van der Waals surface area contributed by atoms with Crippen LogP contribution in [0, 0.1) is 5.82 Å². The Bertz CT molecular complexity index is 914. The molecule has 1 saturated heterocycles. The van der Waals surface area contributed by atoms with Gasteiger partial charge in [-0.2, -0.15) is 5.10 Å². The molecule has 2 heterocycles. The van der Waals surface area contributed by atoms with Gasteiger partial charge in [0.1, 0.15) is 5.82 Å². The van der Waals surface area contributed by atoms with E-state index in [1.807, 2.05) is 4.90 Å². The van der Waals surface area contributed by atoms with Crippen molar-refractivity contribution in [3.63, 3.8) is 0 Å². The first-order chi connectivity index (χ1) is 14.5. The fourth-order valence-corrected chi connectivity index (χ4v) is 3.93. The molecular weight excluding hydrogens is 389 g/mol. The minimum atomic E-state index is -0.464. The van der Waals surface area contributed by atoms with Crippen molar-refractivity contribution in [3.05, 3.63) is 48.0 Å². The molecule has 1 aromatic carbocycles. The third kappa shape index (κ3) is 4.46. The number of halogens is 1. The van der Waals surface area contributed by atoms with E-state index in [4.69, 9.17) is 4.74 Å². The standard InChI is InChI=1S/C21H26FN5O3/c1-30-13-19-9-18(12-26(19)21(29)25-16-6-3-7-16)27-11-17(10-23-27)24-20(28)14-4-2-5-15(22)8-14/h2,4-5,8,10-11,16,18-19H,3,6-7,9,12-13H2,1H3,(H,24,28)(H,25,29)/t18-,19-/m0/s1. The maximum atomic E-state index is 13.3. The summed E-state index contributed by atoms with van der Waals surface area (Å²) < 4.78 is 20.4. The Balaban J connectivity index is 1.40. The van der Waals surface area contributed by atoms with E-state index in [2.05, 4.69) is 15.7 Å². The van der Waals surface area contributed by atoms with Crippen molar-refractivity contribution in [1.82, 2.24) is 20.0 Å². The van der Waals surface area contributed by atoms with Crippen molar-refractivity contribution in [2.75, 3.05) is 25.6 Å². The Labute approximate surface area is 174 Å². The number of anilines is 1. The van der Waals surface area contributed by atoms with E-state index in [1.54, 1.807) is 30.3 Å².